The first-order chi connectivity index (χ1) is 9.54. The van der Waals surface area contributed by atoms with Crippen molar-refractivity contribution in [3.63, 3.8) is 0 Å². The number of carboxylic acid groups (broad SMARTS) is 1. The Morgan fingerprint density at radius 3 is 2.70 bits per heavy atom. The van der Waals surface area contributed by atoms with E-state index in [-0.39, 0.29) is 0 Å². The summed E-state index contributed by atoms with van der Waals surface area (Å²) < 4.78 is 1.16. The number of carboxylic acids is 1. The zero-order valence-electron chi connectivity index (χ0n) is 11.9. The van der Waals surface area contributed by atoms with Crippen molar-refractivity contribution in [3.8, 4) is 0 Å². The molecule has 20 heavy (non-hydrogen) atoms. The molecule has 0 saturated carbocycles. The maximum absolute atomic E-state index is 10.6. The quantitative estimate of drug-likeness (QED) is 0.886. The Kier molecular flexibility index (Phi) is 5.61. The minimum Gasteiger partial charge on any atom is -0.481 e. The highest BCUT2D eigenvalue weighted by Crippen LogP contribution is 2.24. The molecule has 2 rings (SSSR count). The van der Waals surface area contributed by atoms with E-state index in [0.29, 0.717) is 12.3 Å². The molecule has 0 unspecified atom stereocenters. The number of aryl methyl sites for hydroxylation is 1. The van der Waals surface area contributed by atoms with Crippen LogP contribution in [0.5, 0.6) is 0 Å². The maximum atomic E-state index is 10.6. The van der Waals surface area contributed by atoms with E-state index in [4.69, 9.17) is 5.11 Å². The zero-order chi connectivity index (χ0) is 14.5. The van der Waals surface area contributed by atoms with Gasteiger partial charge in [-0.05, 0) is 62.4 Å². The van der Waals surface area contributed by atoms with Crippen LogP contribution in [-0.2, 0) is 11.3 Å². The number of rotatable bonds is 5. The molecular formula is C16H22BrNO2. The Hall–Kier alpha value is -0.870. The van der Waals surface area contributed by atoms with Gasteiger partial charge < -0.3 is 5.11 Å². The molecule has 0 spiro atoms. The molecule has 1 aliphatic heterocycles. The Bertz CT molecular complexity index is 468. The largest absolute Gasteiger partial charge is 0.481 e. The highest BCUT2D eigenvalue weighted by Gasteiger charge is 2.19. The molecule has 110 valence electrons. The van der Waals surface area contributed by atoms with E-state index in [0.717, 1.165) is 43.4 Å². The third-order valence-electron chi connectivity index (χ3n) is 4.10. The van der Waals surface area contributed by atoms with Gasteiger partial charge in [0.15, 0.2) is 0 Å². The van der Waals surface area contributed by atoms with Gasteiger partial charge in [-0.15, -0.1) is 0 Å². The Morgan fingerprint density at radius 1 is 1.40 bits per heavy atom. The van der Waals surface area contributed by atoms with Crippen LogP contribution in [0, 0.1) is 12.8 Å². The number of piperidine rings is 1. The monoisotopic (exact) mass is 339 g/mol. The SMILES string of the molecule is Cc1cc(CN2CCC(CCC(=O)O)CC2)ccc1Br. The minimum atomic E-state index is -0.669. The molecule has 0 bridgehead atoms. The van der Waals surface area contributed by atoms with Crippen molar-refractivity contribution >= 4 is 21.9 Å². The first kappa shape index (κ1) is 15.5. The van der Waals surface area contributed by atoms with Crippen LogP contribution in [0.25, 0.3) is 0 Å². The van der Waals surface area contributed by atoms with Crippen molar-refractivity contribution in [1.29, 1.82) is 0 Å². The topological polar surface area (TPSA) is 40.5 Å². The average molecular weight is 340 g/mol. The highest BCUT2D eigenvalue weighted by molar-refractivity contribution is 9.10. The van der Waals surface area contributed by atoms with Crippen LogP contribution < -0.4 is 0 Å². The fraction of sp³-hybridized carbons (Fsp3) is 0.562. The summed E-state index contributed by atoms with van der Waals surface area (Å²) in [5.41, 5.74) is 2.63. The van der Waals surface area contributed by atoms with Crippen LogP contribution in [-0.4, -0.2) is 29.1 Å². The van der Waals surface area contributed by atoms with Gasteiger partial charge in [0.25, 0.3) is 0 Å². The minimum absolute atomic E-state index is 0.316. The first-order valence-electron chi connectivity index (χ1n) is 7.24. The summed E-state index contributed by atoms with van der Waals surface area (Å²) in [7, 11) is 0. The van der Waals surface area contributed by atoms with Crippen LogP contribution in [0.4, 0.5) is 0 Å². The molecule has 1 heterocycles. The second kappa shape index (κ2) is 7.23. The van der Waals surface area contributed by atoms with E-state index < -0.39 is 5.97 Å². The molecule has 3 nitrogen and oxygen atoms in total. The predicted octanol–water partition coefficient (Wildman–Crippen LogP) is 3.83. The first-order valence-corrected chi connectivity index (χ1v) is 8.03. The van der Waals surface area contributed by atoms with E-state index in [1.807, 2.05) is 0 Å². The number of benzene rings is 1. The summed E-state index contributed by atoms with van der Waals surface area (Å²) in [6.45, 7) is 5.28. The van der Waals surface area contributed by atoms with Gasteiger partial charge in [-0.3, -0.25) is 9.69 Å². The van der Waals surface area contributed by atoms with E-state index >= 15 is 0 Å². The Labute approximate surface area is 129 Å². The van der Waals surface area contributed by atoms with Gasteiger partial charge >= 0.3 is 5.97 Å². The molecule has 0 amide bonds. The third-order valence-corrected chi connectivity index (χ3v) is 4.99. The molecule has 1 aromatic carbocycles. The van der Waals surface area contributed by atoms with Crippen LogP contribution >= 0.6 is 15.9 Å². The lowest BCUT2D eigenvalue weighted by Gasteiger charge is -2.31. The van der Waals surface area contributed by atoms with Gasteiger partial charge in [0.2, 0.25) is 0 Å². The van der Waals surface area contributed by atoms with Gasteiger partial charge in [0, 0.05) is 17.4 Å². The lowest BCUT2D eigenvalue weighted by Crippen LogP contribution is -2.33. The Balaban J connectivity index is 1.79. The molecule has 1 saturated heterocycles. The van der Waals surface area contributed by atoms with E-state index in [2.05, 4.69) is 46.0 Å². The van der Waals surface area contributed by atoms with Crippen molar-refractivity contribution in [2.45, 2.75) is 39.2 Å². The van der Waals surface area contributed by atoms with Crippen molar-refractivity contribution in [2.24, 2.45) is 5.92 Å². The molecule has 1 N–H and O–H groups in total. The fourth-order valence-corrected chi connectivity index (χ4v) is 3.07. The Morgan fingerprint density at radius 2 is 2.10 bits per heavy atom. The van der Waals surface area contributed by atoms with Crippen LogP contribution in [0.2, 0.25) is 0 Å². The maximum Gasteiger partial charge on any atom is 0.303 e. The summed E-state index contributed by atoms with van der Waals surface area (Å²) in [5, 5.41) is 8.73. The van der Waals surface area contributed by atoms with E-state index in [1.165, 1.54) is 11.1 Å². The third kappa shape index (κ3) is 4.60. The van der Waals surface area contributed by atoms with Crippen molar-refractivity contribution in [2.75, 3.05) is 13.1 Å². The molecule has 0 aromatic heterocycles. The van der Waals surface area contributed by atoms with Gasteiger partial charge in [-0.25, -0.2) is 0 Å². The predicted molar refractivity (Wildman–Crippen MR) is 83.7 cm³/mol. The molecule has 1 fully saturated rings. The molecule has 4 heteroatoms. The lowest BCUT2D eigenvalue weighted by molar-refractivity contribution is -0.137. The highest BCUT2D eigenvalue weighted by atomic mass is 79.9. The number of halogens is 1. The number of hydrogen-bond donors (Lipinski definition) is 1. The summed E-state index contributed by atoms with van der Waals surface area (Å²) in [4.78, 5) is 13.1. The number of hydrogen-bond acceptors (Lipinski definition) is 2. The van der Waals surface area contributed by atoms with E-state index in [1.54, 1.807) is 0 Å². The number of carbonyl (C=O) groups is 1. The van der Waals surface area contributed by atoms with Gasteiger partial charge in [0.1, 0.15) is 0 Å². The summed E-state index contributed by atoms with van der Waals surface area (Å²) in [6.07, 6.45) is 3.41. The second-order valence-corrected chi connectivity index (χ2v) is 6.59. The second-order valence-electron chi connectivity index (χ2n) is 5.74. The number of likely N-dealkylation sites (tertiary alicyclic amines) is 1. The average Bonchev–Trinajstić information content (AvgIpc) is 2.42. The number of aliphatic carboxylic acids is 1. The normalized spacial score (nSPS) is 17.3. The summed E-state index contributed by atoms with van der Waals surface area (Å²) in [6, 6.07) is 6.53. The van der Waals surface area contributed by atoms with Crippen molar-refractivity contribution < 1.29 is 9.90 Å². The van der Waals surface area contributed by atoms with Crippen LogP contribution in [0.1, 0.15) is 36.8 Å². The van der Waals surface area contributed by atoms with Gasteiger partial charge in [-0.1, -0.05) is 28.1 Å². The molecule has 0 radical (unpaired) electrons. The van der Waals surface area contributed by atoms with Gasteiger partial charge in [-0.2, -0.15) is 0 Å². The number of nitrogens with zero attached hydrogens (tertiary/aromatic N) is 1. The lowest BCUT2D eigenvalue weighted by atomic mass is 9.92. The summed E-state index contributed by atoms with van der Waals surface area (Å²) in [5.74, 6) is -0.0771. The fourth-order valence-electron chi connectivity index (χ4n) is 2.82. The summed E-state index contributed by atoms with van der Waals surface area (Å²) >= 11 is 3.53. The van der Waals surface area contributed by atoms with Gasteiger partial charge in [0.05, 0.1) is 0 Å². The standard InChI is InChI=1S/C16H22BrNO2/c1-12-10-14(2-4-15(12)17)11-18-8-6-13(7-9-18)3-5-16(19)20/h2,4,10,13H,3,5-9,11H2,1H3,(H,19,20). The molecule has 0 aliphatic carbocycles. The van der Waals surface area contributed by atoms with Crippen molar-refractivity contribution in [1.82, 2.24) is 4.90 Å². The smallest absolute Gasteiger partial charge is 0.303 e. The molecule has 0 atom stereocenters. The molecular weight excluding hydrogens is 318 g/mol. The van der Waals surface area contributed by atoms with E-state index in [9.17, 15) is 4.79 Å². The van der Waals surface area contributed by atoms with Crippen LogP contribution in [0.15, 0.2) is 22.7 Å². The zero-order valence-corrected chi connectivity index (χ0v) is 13.5. The molecule has 1 aromatic rings. The molecule has 1 aliphatic rings. The van der Waals surface area contributed by atoms with Crippen LogP contribution in [0.3, 0.4) is 0 Å². The van der Waals surface area contributed by atoms with Crippen molar-refractivity contribution in [3.05, 3.63) is 33.8 Å².